The molecule has 1 aliphatic rings. The molecule has 6 heteroatoms. The Bertz CT molecular complexity index is 454. The Morgan fingerprint density at radius 1 is 1.50 bits per heavy atom. The van der Waals surface area contributed by atoms with Crippen molar-refractivity contribution in [3.05, 3.63) is 33.8 Å². The number of hydrazine groups is 1. The van der Waals surface area contributed by atoms with Crippen molar-refractivity contribution in [2.45, 2.75) is 13.0 Å². The molecule has 1 saturated heterocycles. The minimum absolute atomic E-state index is 0.227. The molecule has 1 aromatic carbocycles. The molecule has 0 amide bonds. The van der Waals surface area contributed by atoms with Crippen molar-refractivity contribution in [3.63, 3.8) is 0 Å². The van der Waals surface area contributed by atoms with E-state index in [-0.39, 0.29) is 17.9 Å². The Hall–Kier alpha value is -0.810. The number of carbonyl (C=O) groups excluding carboxylic acids is 1. The molecule has 1 fully saturated rings. The van der Waals surface area contributed by atoms with Gasteiger partial charge in [-0.2, -0.15) is 0 Å². The van der Waals surface area contributed by atoms with Gasteiger partial charge < -0.3 is 4.74 Å². The summed E-state index contributed by atoms with van der Waals surface area (Å²) in [5.74, 6) is -0.544. The minimum Gasteiger partial charge on any atom is -0.466 e. The standard InChI is InChI=1S/C12H14Cl2N2O2/c1-2-18-12(17)9-6-15-16-11(9)8-5-7(13)3-4-10(8)14/h3-5,9,11,15-16H,2,6H2,1H3. The molecule has 1 heterocycles. The fourth-order valence-electron chi connectivity index (χ4n) is 2.01. The van der Waals surface area contributed by atoms with Crippen LogP contribution in [0, 0.1) is 5.92 Å². The first-order valence-corrected chi connectivity index (χ1v) is 6.49. The molecule has 18 heavy (non-hydrogen) atoms. The van der Waals surface area contributed by atoms with Crippen molar-refractivity contribution in [1.82, 2.24) is 10.9 Å². The molecule has 4 nitrogen and oxygen atoms in total. The molecule has 2 N–H and O–H groups in total. The smallest absolute Gasteiger partial charge is 0.312 e. The van der Waals surface area contributed by atoms with Gasteiger partial charge in [0.2, 0.25) is 0 Å². The van der Waals surface area contributed by atoms with E-state index in [4.69, 9.17) is 27.9 Å². The topological polar surface area (TPSA) is 50.4 Å². The van der Waals surface area contributed by atoms with Crippen LogP contribution in [0.2, 0.25) is 10.0 Å². The second-order valence-corrected chi connectivity index (χ2v) is 4.87. The average Bonchev–Trinajstić information content (AvgIpc) is 2.81. The van der Waals surface area contributed by atoms with Crippen LogP contribution in [-0.4, -0.2) is 19.1 Å². The Morgan fingerprint density at radius 2 is 2.28 bits per heavy atom. The van der Waals surface area contributed by atoms with Crippen LogP contribution in [0.5, 0.6) is 0 Å². The first-order valence-electron chi connectivity index (χ1n) is 5.73. The number of hydrogen-bond acceptors (Lipinski definition) is 4. The molecule has 1 aromatic rings. The highest BCUT2D eigenvalue weighted by molar-refractivity contribution is 6.33. The number of nitrogens with one attached hydrogen (secondary N) is 2. The molecule has 2 atom stereocenters. The van der Waals surface area contributed by atoms with E-state index < -0.39 is 0 Å². The average molecular weight is 289 g/mol. The van der Waals surface area contributed by atoms with Crippen LogP contribution in [0.1, 0.15) is 18.5 Å². The van der Waals surface area contributed by atoms with E-state index >= 15 is 0 Å². The lowest BCUT2D eigenvalue weighted by Gasteiger charge is -2.18. The first kappa shape index (κ1) is 13.6. The molecule has 0 spiro atoms. The largest absolute Gasteiger partial charge is 0.466 e. The van der Waals surface area contributed by atoms with E-state index in [0.29, 0.717) is 23.2 Å². The van der Waals surface area contributed by atoms with Gasteiger partial charge in [0.15, 0.2) is 0 Å². The van der Waals surface area contributed by atoms with E-state index in [1.807, 2.05) is 0 Å². The van der Waals surface area contributed by atoms with E-state index in [2.05, 4.69) is 10.9 Å². The Morgan fingerprint density at radius 3 is 3.00 bits per heavy atom. The number of halogens is 2. The molecule has 0 aliphatic carbocycles. The maximum atomic E-state index is 11.8. The third-order valence-electron chi connectivity index (χ3n) is 2.86. The van der Waals surface area contributed by atoms with Crippen LogP contribution < -0.4 is 10.9 Å². The molecular weight excluding hydrogens is 275 g/mol. The lowest BCUT2D eigenvalue weighted by molar-refractivity contribution is -0.147. The van der Waals surface area contributed by atoms with Crippen LogP contribution in [0.3, 0.4) is 0 Å². The zero-order valence-corrected chi connectivity index (χ0v) is 11.4. The summed E-state index contributed by atoms with van der Waals surface area (Å²) in [4.78, 5) is 11.8. The highest BCUT2D eigenvalue weighted by atomic mass is 35.5. The molecule has 2 unspecified atom stereocenters. The summed E-state index contributed by atoms with van der Waals surface area (Å²) in [6.07, 6.45) is 0. The highest BCUT2D eigenvalue weighted by Gasteiger charge is 2.36. The van der Waals surface area contributed by atoms with Crippen LogP contribution >= 0.6 is 23.2 Å². The number of hydrogen-bond donors (Lipinski definition) is 2. The highest BCUT2D eigenvalue weighted by Crippen LogP contribution is 2.32. The summed E-state index contributed by atoms with van der Waals surface area (Å²) >= 11 is 12.1. The normalized spacial score (nSPS) is 23.1. The Labute approximate surface area is 116 Å². The third kappa shape index (κ3) is 2.78. The number of carbonyl (C=O) groups is 1. The maximum absolute atomic E-state index is 11.8. The van der Waals surface area contributed by atoms with Crippen LogP contribution in [0.4, 0.5) is 0 Å². The predicted octanol–water partition coefficient (Wildman–Crippen LogP) is 2.32. The minimum atomic E-state index is -0.305. The van der Waals surface area contributed by atoms with Gasteiger partial charge in [-0.1, -0.05) is 23.2 Å². The fourth-order valence-corrected chi connectivity index (χ4v) is 2.43. The van der Waals surface area contributed by atoms with Gasteiger partial charge in [-0.05, 0) is 30.7 Å². The summed E-state index contributed by atoms with van der Waals surface area (Å²) in [6.45, 7) is 2.66. The molecule has 0 radical (unpaired) electrons. The van der Waals surface area contributed by atoms with Crippen molar-refractivity contribution in [1.29, 1.82) is 0 Å². The number of esters is 1. The second-order valence-electron chi connectivity index (χ2n) is 4.03. The SMILES string of the molecule is CCOC(=O)C1CNNC1c1cc(Cl)ccc1Cl. The number of rotatable bonds is 3. The van der Waals surface area contributed by atoms with Crippen LogP contribution in [0.15, 0.2) is 18.2 Å². The van der Waals surface area contributed by atoms with Crippen molar-refractivity contribution in [3.8, 4) is 0 Å². The van der Waals surface area contributed by atoms with Gasteiger partial charge in [-0.15, -0.1) is 0 Å². The summed E-state index contributed by atoms with van der Waals surface area (Å²) in [5, 5.41) is 1.17. The van der Waals surface area contributed by atoms with Crippen molar-refractivity contribution >= 4 is 29.2 Å². The fraction of sp³-hybridized carbons (Fsp3) is 0.417. The van der Waals surface area contributed by atoms with E-state index in [0.717, 1.165) is 5.56 Å². The number of ether oxygens (including phenoxy) is 1. The van der Waals surface area contributed by atoms with Crippen LogP contribution in [0.25, 0.3) is 0 Å². The van der Waals surface area contributed by atoms with Crippen LogP contribution in [-0.2, 0) is 9.53 Å². The lowest BCUT2D eigenvalue weighted by atomic mass is 9.95. The van der Waals surface area contributed by atoms with Crippen molar-refractivity contribution < 1.29 is 9.53 Å². The van der Waals surface area contributed by atoms with Gasteiger partial charge in [0, 0.05) is 16.6 Å². The van der Waals surface area contributed by atoms with Gasteiger partial charge in [-0.25, -0.2) is 5.43 Å². The van der Waals surface area contributed by atoms with Gasteiger partial charge in [-0.3, -0.25) is 10.2 Å². The molecule has 0 aromatic heterocycles. The monoisotopic (exact) mass is 288 g/mol. The van der Waals surface area contributed by atoms with Gasteiger partial charge in [0.1, 0.15) is 0 Å². The predicted molar refractivity (Wildman–Crippen MR) is 70.5 cm³/mol. The quantitative estimate of drug-likeness (QED) is 0.838. The maximum Gasteiger partial charge on any atom is 0.312 e. The Balaban J connectivity index is 2.25. The van der Waals surface area contributed by atoms with E-state index in [9.17, 15) is 4.79 Å². The van der Waals surface area contributed by atoms with Gasteiger partial charge in [0.25, 0.3) is 0 Å². The van der Waals surface area contributed by atoms with E-state index in [1.54, 1.807) is 25.1 Å². The second kappa shape index (κ2) is 5.89. The van der Waals surface area contributed by atoms with Crippen molar-refractivity contribution in [2.24, 2.45) is 5.92 Å². The Kier molecular flexibility index (Phi) is 4.45. The van der Waals surface area contributed by atoms with Gasteiger partial charge in [0.05, 0.1) is 18.6 Å². The molecule has 0 bridgehead atoms. The zero-order chi connectivity index (χ0) is 13.1. The summed E-state index contributed by atoms with van der Waals surface area (Å²) < 4.78 is 5.05. The first-order chi connectivity index (χ1) is 8.63. The molecular formula is C12H14Cl2N2O2. The molecule has 2 rings (SSSR count). The lowest BCUT2D eigenvalue weighted by Crippen LogP contribution is -2.27. The number of benzene rings is 1. The molecule has 1 aliphatic heterocycles. The summed E-state index contributed by atoms with van der Waals surface area (Å²) in [6, 6.07) is 4.98. The summed E-state index contributed by atoms with van der Waals surface area (Å²) in [7, 11) is 0. The van der Waals surface area contributed by atoms with Gasteiger partial charge >= 0.3 is 5.97 Å². The van der Waals surface area contributed by atoms with E-state index in [1.165, 1.54) is 0 Å². The molecule has 0 saturated carbocycles. The summed E-state index contributed by atoms with van der Waals surface area (Å²) in [5.41, 5.74) is 6.79. The molecule has 98 valence electrons. The van der Waals surface area contributed by atoms with Crippen molar-refractivity contribution in [2.75, 3.05) is 13.2 Å². The zero-order valence-electron chi connectivity index (χ0n) is 9.87. The third-order valence-corrected chi connectivity index (χ3v) is 3.44.